The van der Waals surface area contributed by atoms with Crippen molar-refractivity contribution in [3.63, 3.8) is 0 Å². The summed E-state index contributed by atoms with van der Waals surface area (Å²) >= 11 is 0. The Bertz CT molecular complexity index is 908. The predicted octanol–water partition coefficient (Wildman–Crippen LogP) is 6.74. The number of ether oxygens (including phenoxy) is 3. The van der Waals surface area contributed by atoms with Gasteiger partial charge < -0.3 is 14.2 Å². The number of allylic oxidation sites excluding steroid dienone is 5. The Morgan fingerprint density at radius 2 is 1.67 bits per heavy atom. The van der Waals surface area contributed by atoms with Gasteiger partial charge in [0.25, 0.3) is 5.60 Å². The van der Waals surface area contributed by atoms with Crippen LogP contribution in [0.1, 0.15) is 63.9 Å². The van der Waals surface area contributed by atoms with Crippen molar-refractivity contribution in [1.82, 2.24) is 0 Å². The Hall–Kier alpha value is -2.87. The molecule has 1 aliphatic rings. The molecule has 0 N–H and O–H groups in total. The fraction of sp³-hybridized carbons (Fsp3) is 0.500. The maximum Gasteiger partial charge on any atom is 0.432 e. The van der Waals surface area contributed by atoms with Crippen molar-refractivity contribution in [1.29, 1.82) is 0 Å². The van der Waals surface area contributed by atoms with Crippen LogP contribution in [-0.4, -0.2) is 37.4 Å². The van der Waals surface area contributed by atoms with Crippen molar-refractivity contribution < 1.29 is 37.0 Å². The lowest BCUT2D eigenvalue weighted by Crippen LogP contribution is -2.53. The zero-order chi connectivity index (χ0) is 26.4. The van der Waals surface area contributed by atoms with Gasteiger partial charge in [0.1, 0.15) is 12.2 Å². The van der Waals surface area contributed by atoms with Gasteiger partial charge in [-0.2, -0.15) is 13.2 Å². The van der Waals surface area contributed by atoms with Crippen LogP contribution in [0.2, 0.25) is 0 Å². The number of carbonyl (C=O) groups is 2. The van der Waals surface area contributed by atoms with E-state index in [9.17, 15) is 22.8 Å². The highest BCUT2D eigenvalue weighted by atomic mass is 19.4. The summed E-state index contributed by atoms with van der Waals surface area (Å²) < 4.78 is 58.7. The van der Waals surface area contributed by atoms with Crippen LogP contribution in [-0.2, 0) is 29.4 Å². The number of halogens is 3. The first-order chi connectivity index (χ1) is 17.3. The van der Waals surface area contributed by atoms with E-state index >= 15 is 0 Å². The second-order valence-corrected chi connectivity index (χ2v) is 8.50. The molecule has 0 saturated carbocycles. The fourth-order valence-electron chi connectivity index (χ4n) is 3.95. The predicted molar refractivity (Wildman–Crippen MR) is 131 cm³/mol. The average molecular weight is 509 g/mol. The fourth-order valence-corrected chi connectivity index (χ4v) is 3.95. The molecule has 1 aliphatic heterocycles. The van der Waals surface area contributed by atoms with Crippen molar-refractivity contribution in [2.75, 3.05) is 7.11 Å². The first-order valence-corrected chi connectivity index (χ1v) is 12.3. The molecule has 0 bridgehead atoms. The number of alkyl halides is 3. The van der Waals surface area contributed by atoms with Crippen molar-refractivity contribution in [3.8, 4) is 0 Å². The highest BCUT2D eigenvalue weighted by molar-refractivity contribution is 5.83. The number of hydrogen-bond donors (Lipinski definition) is 0. The number of carbonyl (C=O) groups excluding carboxylic acids is 2. The third-order valence-corrected chi connectivity index (χ3v) is 5.95. The summed E-state index contributed by atoms with van der Waals surface area (Å²) in [5, 5.41) is 0. The van der Waals surface area contributed by atoms with Gasteiger partial charge in [0.2, 0.25) is 0 Å². The molecule has 8 heteroatoms. The lowest BCUT2D eigenvalue weighted by atomic mass is 9.92. The zero-order valence-corrected chi connectivity index (χ0v) is 20.8. The Morgan fingerprint density at radius 1 is 1.03 bits per heavy atom. The number of methoxy groups -OCH3 is 1. The van der Waals surface area contributed by atoms with E-state index in [-0.39, 0.29) is 19.3 Å². The molecule has 36 heavy (non-hydrogen) atoms. The van der Waals surface area contributed by atoms with Crippen molar-refractivity contribution >= 4 is 11.9 Å². The van der Waals surface area contributed by atoms with E-state index in [1.54, 1.807) is 13.0 Å². The molecule has 2 rings (SSSR count). The highest BCUT2D eigenvalue weighted by Gasteiger charge is 2.64. The zero-order valence-electron chi connectivity index (χ0n) is 20.8. The Balaban J connectivity index is 2.29. The van der Waals surface area contributed by atoms with Crippen LogP contribution in [0.4, 0.5) is 13.2 Å². The second-order valence-electron chi connectivity index (χ2n) is 8.50. The van der Waals surface area contributed by atoms with Crippen LogP contribution in [0, 0.1) is 0 Å². The minimum absolute atomic E-state index is 0.147. The van der Waals surface area contributed by atoms with E-state index < -0.39 is 41.5 Å². The average Bonchev–Trinajstić information content (AvgIpc) is 2.84. The lowest BCUT2D eigenvalue weighted by Gasteiger charge is -2.35. The smallest absolute Gasteiger partial charge is 0.432 e. The minimum atomic E-state index is -5.09. The van der Waals surface area contributed by atoms with E-state index in [2.05, 4.69) is 12.2 Å². The van der Waals surface area contributed by atoms with Gasteiger partial charge in [0.15, 0.2) is 0 Å². The Kier molecular flexibility index (Phi) is 11.9. The van der Waals surface area contributed by atoms with E-state index in [1.165, 1.54) is 18.2 Å². The molecule has 5 nitrogen and oxygen atoms in total. The quantitative estimate of drug-likeness (QED) is 0.315. The maximum absolute atomic E-state index is 14.3. The molecule has 0 unspecified atom stereocenters. The van der Waals surface area contributed by atoms with Crippen LogP contribution in [0.25, 0.3) is 0 Å². The molecule has 0 saturated heterocycles. The normalized spacial score (nSPS) is 23.5. The van der Waals surface area contributed by atoms with Gasteiger partial charge in [-0.1, -0.05) is 73.7 Å². The van der Waals surface area contributed by atoms with Gasteiger partial charge >= 0.3 is 18.1 Å². The van der Waals surface area contributed by atoms with Gasteiger partial charge in [-0.25, -0.2) is 4.79 Å². The number of rotatable bonds is 6. The monoisotopic (exact) mass is 508 g/mol. The molecular formula is C28H35F3O5. The van der Waals surface area contributed by atoms with Gasteiger partial charge in [-0.3, -0.25) is 4.79 Å². The first-order valence-electron chi connectivity index (χ1n) is 12.3. The molecule has 198 valence electrons. The summed E-state index contributed by atoms with van der Waals surface area (Å²) in [5.74, 6) is -2.08. The molecule has 1 heterocycles. The van der Waals surface area contributed by atoms with Crippen LogP contribution in [0.3, 0.4) is 0 Å². The number of hydrogen-bond acceptors (Lipinski definition) is 5. The summed E-state index contributed by atoms with van der Waals surface area (Å²) in [6.45, 7) is 1.66. The SMILES string of the molecule is CC[C@H](OC(=O)[C@](OC)(c1ccccc1)C(F)(F)F)[C@@H]1C/C=C\C/C=C\C/C=C\CCCCC(=O)O1. The molecule has 1 aromatic carbocycles. The maximum atomic E-state index is 14.3. The molecule has 0 aliphatic carbocycles. The number of cyclic esters (lactones) is 1. The molecule has 1 aromatic rings. The standard InChI is InChI=1S/C28H35F3O5/c1-3-23(36-26(33)27(34-2,28(29,30)31)22-18-14-13-15-19-22)24-20-16-11-9-7-5-4-6-8-10-12-17-21-25(32)35-24/h5-8,11,13-16,18-19,23-24H,3-4,9-10,12,17,20-21H2,1-2H3/b7-5-,8-6-,16-11-/t23-,24-,27+/m0/s1. The number of esters is 2. The minimum Gasteiger partial charge on any atom is -0.458 e. The third kappa shape index (κ3) is 8.08. The summed E-state index contributed by atoms with van der Waals surface area (Å²) in [4.78, 5) is 25.6. The Labute approximate surface area is 211 Å². The molecule has 0 radical (unpaired) electrons. The van der Waals surface area contributed by atoms with E-state index in [1.807, 2.05) is 18.2 Å². The molecule has 0 aromatic heterocycles. The van der Waals surface area contributed by atoms with Gasteiger partial charge in [0, 0.05) is 25.5 Å². The summed E-state index contributed by atoms with van der Waals surface area (Å²) in [7, 11) is 0.820. The molecule has 0 spiro atoms. The van der Waals surface area contributed by atoms with Gasteiger partial charge in [0.05, 0.1) is 0 Å². The van der Waals surface area contributed by atoms with Gasteiger partial charge in [-0.05, 0) is 38.5 Å². The van der Waals surface area contributed by atoms with Crippen LogP contribution < -0.4 is 0 Å². The van der Waals surface area contributed by atoms with Crippen molar-refractivity contribution in [2.24, 2.45) is 0 Å². The van der Waals surface area contributed by atoms with Crippen molar-refractivity contribution in [3.05, 3.63) is 72.4 Å². The summed E-state index contributed by atoms with van der Waals surface area (Å²) in [6.07, 6.45) is 9.02. The largest absolute Gasteiger partial charge is 0.458 e. The van der Waals surface area contributed by atoms with E-state index in [0.29, 0.717) is 12.8 Å². The first kappa shape index (κ1) is 29.4. The molecular weight excluding hydrogens is 473 g/mol. The molecule has 3 atom stereocenters. The topological polar surface area (TPSA) is 61.8 Å². The van der Waals surface area contributed by atoms with Crippen LogP contribution in [0.15, 0.2) is 66.8 Å². The molecule has 0 amide bonds. The van der Waals surface area contributed by atoms with Crippen LogP contribution >= 0.6 is 0 Å². The van der Waals surface area contributed by atoms with E-state index in [0.717, 1.165) is 38.5 Å². The van der Waals surface area contributed by atoms with Crippen LogP contribution in [0.5, 0.6) is 0 Å². The van der Waals surface area contributed by atoms with Crippen molar-refractivity contribution in [2.45, 2.75) is 82.3 Å². The van der Waals surface area contributed by atoms with E-state index in [4.69, 9.17) is 14.2 Å². The Morgan fingerprint density at radius 3 is 2.28 bits per heavy atom. The summed E-state index contributed by atoms with van der Waals surface area (Å²) in [5.41, 5.74) is -3.70. The summed E-state index contributed by atoms with van der Waals surface area (Å²) in [6, 6.07) is 6.64. The third-order valence-electron chi connectivity index (χ3n) is 5.95. The molecule has 0 fully saturated rings. The highest BCUT2D eigenvalue weighted by Crippen LogP contribution is 2.43. The second kappa shape index (κ2) is 14.6. The lowest BCUT2D eigenvalue weighted by molar-refractivity contribution is -0.279. The van der Waals surface area contributed by atoms with Gasteiger partial charge in [-0.15, -0.1) is 0 Å². The number of benzene rings is 1.